The highest BCUT2D eigenvalue weighted by Crippen LogP contribution is 2.32. The van der Waals surface area contributed by atoms with Crippen molar-refractivity contribution in [2.75, 3.05) is 19.6 Å². The van der Waals surface area contributed by atoms with E-state index >= 15 is 0 Å². The highest BCUT2D eigenvalue weighted by Gasteiger charge is 2.19. The molecule has 1 fully saturated rings. The first kappa shape index (κ1) is 17.3. The first-order chi connectivity index (χ1) is 11.7. The molecule has 1 aromatic carbocycles. The summed E-state index contributed by atoms with van der Waals surface area (Å²) < 4.78 is 14.3. The number of allylic oxidation sites excluding steroid dienone is 1. The molecule has 0 aliphatic carbocycles. The van der Waals surface area contributed by atoms with Crippen LogP contribution in [-0.4, -0.2) is 29.5 Å². The first-order valence-corrected chi connectivity index (χ1v) is 9.28. The molecule has 0 amide bonds. The van der Waals surface area contributed by atoms with Crippen molar-refractivity contribution in [2.24, 2.45) is 11.7 Å². The van der Waals surface area contributed by atoms with E-state index in [1.807, 2.05) is 12.3 Å². The highest BCUT2D eigenvalue weighted by molar-refractivity contribution is 7.15. The molecule has 5 heteroatoms. The fraction of sp³-hybridized carbons (Fsp3) is 0.421. The highest BCUT2D eigenvalue weighted by atomic mass is 32.1. The summed E-state index contributed by atoms with van der Waals surface area (Å²) in [5.41, 5.74) is 7.31. The molecule has 0 spiro atoms. The molecule has 1 aliphatic heterocycles. The number of benzene rings is 1. The third-order valence-electron chi connectivity index (χ3n) is 4.65. The van der Waals surface area contributed by atoms with E-state index in [0.717, 1.165) is 36.8 Å². The molecule has 3 rings (SSSR count). The van der Waals surface area contributed by atoms with Crippen LogP contribution in [0.1, 0.15) is 23.3 Å². The number of piperidine rings is 1. The van der Waals surface area contributed by atoms with Gasteiger partial charge in [-0.25, -0.2) is 9.37 Å². The number of halogens is 1. The van der Waals surface area contributed by atoms with Gasteiger partial charge in [0.25, 0.3) is 0 Å². The molecule has 0 radical (unpaired) electrons. The Bertz CT molecular complexity index is 690. The standard InChI is InChI=1S/C19H24FN3S/c1-2-4-15-5-3-6-17(20)18(15)19-22-12-16(24-19)13-23-9-7-14(11-21)8-10-23/h2-3,5-6,12,14H,1,4,7-11,13,21H2. The number of thiazole rings is 1. The Kier molecular flexibility index (Phi) is 5.76. The molecule has 2 N–H and O–H groups in total. The summed E-state index contributed by atoms with van der Waals surface area (Å²) in [4.78, 5) is 8.11. The van der Waals surface area contributed by atoms with Gasteiger partial charge in [-0.3, -0.25) is 4.90 Å². The van der Waals surface area contributed by atoms with Gasteiger partial charge < -0.3 is 5.73 Å². The lowest BCUT2D eigenvalue weighted by atomic mass is 9.97. The molecule has 1 aliphatic rings. The Balaban J connectivity index is 1.73. The number of aromatic nitrogens is 1. The molecule has 2 aromatic rings. The van der Waals surface area contributed by atoms with Gasteiger partial charge in [-0.15, -0.1) is 17.9 Å². The number of nitrogens with two attached hydrogens (primary N) is 1. The van der Waals surface area contributed by atoms with E-state index in [1.54, 1.807) is 23.5 Å². The molecule has 0 atom stereocenters. The van der Waals surface area contributed by atoms with Gasteiger partial charge in [-0.1, -0.05) is 18.2 Å². The van der Waals surface area contributed by atoms with Gasteiger partial charge in [0, 0.05) is 23.2 Å². The van der Waals surface area contributed by atoms with Crippen molar-refractivity contribution in [2.45, 2.75) is 25.8 Å². The zero-order valence-electron chi connectivity index (χ0n) is 13.9. The molecule has 24 heavy (non-hydrogen) atoms. The normalized spacial score (nSPS) is 16.4. The average molecular weight is 345 g/mol. The molecular weight excluding hydrogens is 321 g/mol. The van der Waals surface area contributed by atoms with Crippen LogP contribution in [0.4, 0.5) is 4.39 Å². The van der Waals surface area contributed by atoms with E-state index in [4.69, 9.17) is 5.73 Å². The molecule has 128 valence electrons. The van der Waals surface area contributed by atoms with Crippen molar-refractivity contribution in [3.8, 4) is 10.6 Å². The summed E-state index contributed by atoms with van der Waals surface area (Å²) in [7, 11) is 0. The van der Waals surface area contributed by atoms with Crippen LogP contribution >= 0.6 is 11.3 Å². The fourth-order valence-corrected chi connectivity index (χ4v) is 4.27. The molecule has 1 saturated heterocycles. The quantitative estimate of drug-likeness (QED) is 0.809. The predicted octanol–water partition coefficient (Wildman–Crippen LogP) is 3.85. The second-order valence-electron chi connectivity index (χ2n) is 6.35. The monoisotopic (exact) mass is 345 g/mol. The summed E-state index contributed by atoms with van der Waals surface area (Å²) in [5.74, 6) is 0.456. The van der Waals surface area contributed by atoms with E-state index in [9.17, 15) is 4.39 Å². The maximum absolute atomic E-state index is 14.3. The fourth-order valence-electron chi connectivity index (χ4n) is 3.23. The lowest BCUT2D eigenvalue weighted by molar-refractivity contribution is 0.182. The SMILES string of the molecule is C=CCc1cccc(F)c1-c1ncc(CN2CCC(CN)CC2)s1. The summed E-state index contributed by atoms with van der Waals surface area (Å²) in [6.45, 7) is 7.60. The second kappa shape index (κ2) is 8.01. The van der Waals surface area contributed by atoms with Gasteiger partial charge in [0.2, 0.25) is 0 Å². The molecule has 3 nitrogen and oxygen atoms in total. The number of rotatable bonds is 6. The molecule has 1 aromatic heterocycles. The number of hydrogen-bond acceptors (Lipinski definition) is 4. The minimum Gasteiger partial charge on any atom is -0.330 e. The van der Waals surface area contributed by atoms with Crippen LogP contribution in [-0.2, 0) is 13.0 Å². The van der Waals surface area contributed by atoms with Crippen molar-refractivity contribution in [1.29, 1.82) is 0 Å². The minimum absolute atomic E-state index is 0.209. The van der Waals surface area contributed by atoms with E-state index in [1.165, 1.54) is 23.8 Å². The Morgan fingerprint density at radius 1 is 1.38 bits per heavy atom. The first-order valence-electron chi connectivity index (χ1n) is 8.47. The summed E-state index contributed by atoms with van der Waals surface area (Å²) in [6, 6.07) is 5.19. The van der Waals surface area contributed by atoms with Crippen molar-refractivity contribution >= 4 is 11.3 Å². The zero-order chi connectivity index (χ0) is 16.9. The predicted molar refractivity (Wildman–Crippen MR) is 98.5 cm³/mol. The summed E-state index contributed by atoms with van der Waals surface area (Å²) in [6.07, 6.45) is 6.67. The zero-order valence-corrected chi connectivity index (χ0v) is 14.7. The minimum atomic E-state index is -0.209. The number of nitrogens with zero attached hydrogens (tertiary/aromatic N) is 2. The third kappa shape index (κ3) is 3.91. The Labute approximate surface area is 147 Å². The van der Waals surface area contributed by atoms with Gasteiger partial charge in [0.1, 0.15) is 10.8 Å². The smallest absolute Gasteiger partial charge is 0.133 e. The van der Waals surface area contributed by atoms with Crippen LogP contribution < -0.4 is 5.73 Å². The van der Waals surface area contributed by atoms with Crippen LogP contribution in [0, 0.1) is 11.7 Å². The van der Waals surface area contributed by atoms with Gasteiger partial charge in [0.15, 0.2) is 0 Å². The summed E-state index contributed by atoms with van der Waals surface area (Å²) in [5, 5.41) is 0.761. The Hall–Kier alpha value is -1.56. The van der Waals surface area contributed by atoms with Crippen molar-refractivity contribution in [3.05, 3.63) is 53.3 Å². The van der Waals surface area contributed by atoms with Crippen LogP contribution in [0.15, 0.2) is 37.1 Å². The van der Waals surface area contributed by atoms with Crippen LogP contribution in [0.25, 0.3) is 10.6 Å². The van der Waals surface area contributed by atoms with Crippen molar-refractivity contribution in [1.82, 2.24) is 9.88 Å². The lowest BCUT2D eigenvalue weighted by Crippen LogP contribution is -2.35. The molecule has 0 unspecified atom stereocenters. The average Bonchev–Trinajstić information content (AvgIpc) is 3.04. The van der Waals surface area contributed by atoms with Gasteiger partial charge in [-0.2, -0.15) is 0 Å². The lowest BCUT2D eigenvalue weighted by Gasteiger charge is -2.30. The second-order valence-corrected chi connectivity index (χ2v) is 7.47. The van der Waals surface area contributed by atoms with E-state index in [-0.39, 0.29) is 5.82 Å². The summed E-state index contributed by atoms with van der Waals surface area (Å²) >= 11 is 1.59. The van der Waals surface area contributed by atoms with E-state index in [2.05, 4.69) is 16.5 Å². The maximum Gasteiger partial charge on any atom is 0.133 e. The largest absolute Gasteiger partial charge is 0.330 e. The third-order valence-corrected chi connectivity index (χ3v) is 5.65. The number of hydrogen-bond donors (Lipinski definition) is 1. The van der Waals surface area contributed by atoms with Crippen molar-refractivity contribution in [3.63, 3.8) is 0 Å². The molecular formula is C19H24FN3S. The molecule has 0 saturated carbocycles. The van der Waals surface area contributed by atoms with Gasteiger partial charge in [0.05, 0.1) is 0 Å². The van der Waals surface area contributed by atoms with Gasteiger partial charge in [-0.05, 0) is 56.4 Å². The van der Waals surface area contributed by atoms with Crippen LogP contribution in [0.5, 0.6) is 0 Å². The van der Waals surface area contributed by atoms with E-state index in [0.29, 0.717) is 17.9 Å². The number of likely N-dealkylation sites (tertiary alicyclic amines) is 1. The Morgan fingerprint density at radius 3 is 2.88 bits per heavy atom. The topological polar surface area (TPSA) is 42.2 Å². The van der Waals surface area contributed by atoms with Crippen LogP contribution in [0.2, 0.25) is 0 Å². The molecule has 2 heterocycles. The van der Waals surface area contributed by atoms with E-state index < -0.39 is 0 Å². The Morgan fingerprint density at radius 2 is 2.17 bits per heavy atom. The van der Waals surface area contributed by atoms with Crippen molar-refractivity contribution < 1.29 is 4.39 Å². The van der Waals surface area contributed by atoms with Crippen LogP contribution in [0.3, 0.4) is 0 Å². The maximum atomic E-state index is 14.3. The molecule has 0 bridgehead atoms. The van der Waals surface area contributed by atoms with Gasteiger partial charge >= 0.3 is 0 Å².